The molecule has 1 aromatic heterocycles. The standard InChI is InChI=1S/C25H30N4O/c1-24(2,3)19-14-17(15-20(22(19)30)25(4,5)6)16-27-29-23-26-13-12-21(28-23)18-10-8-7-9-11-18/h7-16,30H,1-6H3,(H,26,28,29). The summed E-state index contributed by atoms with van der Waals surface area (Å²) >= 11 is 0. The fourth-order valence-electron chi connectivity index (χ4n) is 3.22. The van der Waals surface area contributed by atoms with Gasteiger partial charge in [-0.3, -0.25) is 0 Å². The molecule has 0 fully saturated rings. The summed E-state index contributed by atoms with van der Waals surface area (Å²) in [5.41, 5.74) is 7.12. The van der Waals surface area contributed by atoms with Gasteiger partial charge in [0.1, 0.15) is 5.75 Å². The minimum Gasteiger partial charge on any atom is -0.507 e. The highest BCUT2D eigenvalue weighted by atomic mass is 16.3. The smallest absolute Gasteiger partial charge is 0.244 e. The molecule has 0 aliphatic rings. The zero-order valence-corrected chi connectivity index (χ0v) is 18.6. The van der Waals surface area contributed by atoms with Crippen LogP contribution in [-0.4, -0.2) is 21.3 Å². The average molecular weight is 403 g/mol. The number of nitrogens with one attached hydrogen (secondary N) is 1. The molecule has 3 aromatic rings. The van der Waals surface area contributed by atoms with E-state index in [1.54, 1.807) is 12.4 Å². The van der Waals surface area contributed by atoms with Crippen molar-refractivity contribution in [2.24, 2.45) is 5.10 Å². The first-order valence-corrected chi connectivity index (χ1v) is 10.1. The zero-order chi connectivity index (χ0) is 21.9. The predicted octanol–water partition coefficient (Wildman–Crippen LogP) is 5.89. The monoisotopic (exact) mass is 402 g/mol. The van der Waals surface area contributed by atoms with Gasteiger partial charge in [0.2, 0.25) is 5.95 Å². The Morgan fingerprint density at radius 2 is 1.50 bits per heavy atom. The molecule has 0 unspecified atom stereocenters. The lowest BCUT2D eigenvalue weighted by atomic mass is 9.78. The Kier molecular flexibility index (Phi) is 5.92. The third kappa shape index (κ3) is 5.03. The van der Waals surface area contributed by atoms with Crippen LogP contribution in [0.5, 0.6) is 5.75 Å². The van der Waals surface area contributed by atoms with E-state index in [-0.39, 0.29) is 10.8 Å². The van der Waals surface area contributed by atoms with E-state index in [2.05, 4.69) is 62.0 Å². The first-order chi connectivity index (χ1) is 14.1. The van der Waals surface area contributed by atoms with Gasteiger partial charge in [-0.2, -0.15) is 5.10 Å². The largest absolute Gasteiger partial charge is 0.507 e. The SMILES string of the molecule is CC(C)(C)c1cc(C=NNc2nccc(-c3ccccc3)n2)cc(C(C)(C)C)c1O. The number of phenols is 1. The molecule has 156 valence electrons. The van der Waals surface area contributed by atoms with E-state index in [1.807, 2.05) is 48.5 Å². The highest BCUT2D eigenvalue weighted by Gasteiger charge is 2.26. The molecule has 0 bridgehead atoms. The molecule has 2 aromatic carbocycles. The van der Waals surface area contributed by atoms with Crippen molar-refractivity contribution in [1.29, 1.82) is 0 Å². The van der Waals surface area contributed by atoms with Crippen molar-refractivity contribution >= 4 is 12.2 Å². The summed E-state index contributed by atoms with van der Waals surface area (Å²) in [5, 5.41) is 15.2. The summed E-state index contributed by atoms with van der Waals surface area (Å²) in [4.78, 5) is 8.77. The lowest BCUT2D eigenvalue weighted by Crippen LogP contribution is -2.18. The summed E-state index contributed by atoms with van der Waals surface area (Å²) in [6, 6.07) is 15.8. The van der Waals surface area contributed by atoms with Crippen molar-refractivity contribution in [2.45, 2.75) is 52.4 Å². The number of anilines is 1. The Balaban J connectivity index is 1.88. The third-order valence-electron chi connectivity index (χ3n) is 4.85. The van der Waals surface area contributed by atoms with Crippen LogP contribution < -0.4 is 5.43 Å². The van der Waals surface area contributed by atoms with Gasteiger partial charge < -0.3 is 5.11 Å². The molecular formula is C25H30N4O. The fourth-order valence-corrected chi connectivity index (χ4v) is 3.22. The molecule has 2 N–H and O–H groups in total. The molecule has 0 saturated carbocycles. The Morgan fingerprint density at radius 3 is 2.07 bits per heavy atom. The first-order valence-electron chi connectivity index (χ1n) is 10.1. The van der Waals surface area contributed by atoms with Crippen molar-refractivity contribution in [3.05, 3.63) is 71.4 Å². The van der Waals surface area contributed by atoms with E-state index in [0.717, 1.165) is 27.9 Å². The Hall–Kier alpha value is -3.21. The maximum Gasteiger partial charge on any atom is 0.244 e. The van der Waals surface area contributed by atoms with E-state index in [4.69, 9.17) is 0 Å². The molecule has 0 saturated heterocycles. The van der Waals surface area contributed by atoms with Gasteiger partial charge in [-0.1, -0.05) is 71.9 Å². The maximum absolute atomic E-state index is 10.8. The summed E-state index contributed by atoms with van der Waals surface area (Å²) in [5.74, 6) is 0.789. The molecule has 0 amide bonds. The fraction of sp³-hybridized carbons (Fsp3) is 0.320. The summed E-state index contributed by atoms with van der Waals surface area (Å²) in [6.45, 7) is 12.6. The minimum absolute atomic E-state index is 0.186. The molecule has 0 aliphatic heterocycles. The number of phenolic OH excluding ortho intramolecular Hbond substituents is 1. The summed E-state index contributed by atoms with van der Waals surface area (Å²) in [6.07, 6.45) is 3.45. The van der Waals surface area contributed by atoms with Gasteiger partial charge in [-0.25, -0.2) is 15.4 Å². The van der Waals surface area contributed by atoms with Gasteiger partial charge in [0.25, 0.3) is 0 Å². The number of aromatic nitrogens is 2. The van der Waals surface area contributed by atoms with E-state index >= 15 is 0 Å². The van der Waals surface area contributed by atoms with Gasteiger partial charge in [-0.05, 0) is 34.6 Å². The summed E-state index contributed by atoms with van der Waals surface area (Å²) in [7, 11) is 0. The molecule has 1 heterocycles. The normalized spacial score (nSPS) is 12.3. The van der Waals surface area contributed by atoms with Crippen LogP contribution in [0, 0.1) is 0 Å². The van der Waals surface area contributed by atoms with Crippen LogP contribution in [0.25, 0.3) is 11.3 Å². The van der Waals surface area contributed by atoms with Crippen molar-refractivity contribution < 1.29 is 5.11 Å². The molecule has 5 nitrogen and oxygen atoms in total. The van der Waals surface area contributed by atoms with Crippen LogP contribution in [0.4, 0.5) is 5.95 Å². The second kappa shape index (κ2) is 8.27. The summed E-state index contributed by atoms with van der Waals surface area (Å²) < 4.78 is 0. The van der Waals surface area contributed by atoms with Crippen LogP contribution in [-0.2, 0) is 10.8 Å². The van der Waals surface area contributed by atoms with Crippen molar-refractivity contribution in [2.75, 3.05) is 5.43 Å². The number of hydrogen-bond donors (Lipinski definition) is 2. The van der Waals surface area contributed by atoms with Crippen LogP contribution >= 0.6 is 0 Å². The highest BCUT2D eigenvalue weighted by Crippen LogP contribution is 2.39. The molecule has 30 heavy (non-hydrogen) atoms. The molecule has 3 rings (SSSR count). The molecule has 0 aliphatic carbocycles. The Labute approximate surface area is 178 Å². The quantitative estimate of drug-likeness (QED) is 0.422. The van der Waals surface area contributed by atoms with Crippen LogP contribution in [0.1, 0.15) is 58.2 Å². The number of rotatable bonds is 4. The van der Waals surface area contributed by atoms with Crippen LogP contribution in [0.15, 0.2) is 59.8 Å². The van der Waals surface area contributed by atoms with E-state index in [0.29, 0.717) is 11.7 Å². The number of aromatic hydroxyl groups is 1. The Morgan fingerprint density at radius 1 is 0.900 bits per heavy atom. The van der Waals surface area contributed by atoms with Crippen molar-refractivity contribution in [1.82, 2.24) is 9.97 Å². The molecule has 5 heteroatoms. The number of nitrogens with zero attached hydrogens (tertiary/aromatic N) is 3. The van der Waals surface area contributed by atoms with Gasteiger partial charge in [0.15, 0.2) is 0 Å². The molecule has 0 spiro atoms. The second-order valence-electron chi connectivity index (χ2n) is 9.47. The van der Waals surface area contributed by atoms with Crippen LogP contribution in [0.3, 0.4) is 0 Å². The number of benzene rings is 2. The third-order valence-corrected chi connectivity index (χ3v) is 4.85. The van der Waals surface area contributed by atoms with Crippen molar-refractivity contribution in [3.63, 3.8) is 0 Å². The van der Waals surface area contributed by atoms with Gasteiger partial charge in [-0.15, -0.1) is 0 Å². The van der Waals surface area contributed by atoms with Gasteiger partial charge in [0.05, 0.1) is 11.9 Å². The highest BCUT2D eigenvalue weighted by molar-refractivity contribution is 5.82. The van der Waals surface area contributed by atoms with Crippen molar-refractivity contribution in [3.8, 4) is 17.0 Å². The van der Waals surface area contributed by atoms with Gasteiger partial charge in [0, 0.05) is 22.9 Å². The Bertz CT molecular complexity index is 1010. The van der Waals surface area contributed by atoms with E-state index in [1.165, 1.54) is 0 Å². The number of hydrogen-bond acceptors (Lipinski definition) is 5. The van der Waals surface area contributed by atoms with E-state index in [9.17, 15) is 5.11 Å². The maximum atomic E-state index is 10.8. The van der Waals surface area contributed by atoms with Crippen LogP contribution in [0.2, 0.25) is 0 Å². The topological polar surface area (TPSA) is 70.4 Å². The predicted molar refractivity (Wildman–Crippen MR) is 124 cm³/mol. The lowest BCUT2D eigenvalue weighted by molar-refractivity contribution is 0.423. The van der Waals surface area contributed by atoms with Gasteiger partial charge >= 0.3 is 0 Å². The molecule has 0 radical (unpaired) electrons. The average Bonchev–Trinajstić information content (AvgIpc) is 2.68. The minimum atomic E-state index is -0.186. The number of hydrazone groups is 1. The van der Waals surface area contributed by atoms with E-state index < -0.39 is 0 Å². The molecule has 0 atom stereocenters. The molecular weight excluding hydrogens is 372 g/mol. The lowest BCUT2D eigenvalue weighted by Gasteiger charge is -2.27. The first kappa shape index (κ1) is 21.5. The second-order valence-corrected chi connectivity index (χ2v) is 9.47. The zero-order valence-electron chi connectivity index (χ0n) is 18.6.